The summed E-state index contributed by atoms with van der Waals surface area (Å²) in [4.78, 5) is 2.49. The van der Waals surface area contributed by atoms with Crippen LogP contribution in [0.4, 0.5) is 0 Å². The molecule has 1 aromatic rings. The van der Waals surface area contributed by atoms with Crippen molar-refractivity contribution in [1.82, 2.24) is 10.2 Å². The van der Waals surface area contributed by atoms with E-state index in [0.717, 1.165) is 32.7 Å². The highest BCUT2D eigenvalue weighted by atomic mass is 15.2. The second-order valence-electron chi connectivity index (χ2n) is 4.98. The van der Waals surface area contributed by atoms with Gasteiger partial charge in [0.05, 0.1) is 0 Å². The highest BCUT2D eigenvalue weighted by molar-refractivity contribution is 5.29. The molecular formula is C14H23N3. The molecule has 3 nitrogen and oxygen atoms in total. The highest BCUT2D eigenvalue weighted by Crippen LogP contribution is 2.14. The Morgan fingerprint density at radius 1 is 1.35 bits per heavy atom. The second kappa shape index (κ2) is 5.63. The summed E-state index contributed by atoms with van der Waals surface area (Å²) in [6.07, 6.45) is 0. The largest absolute Gasteiger partial charge is 0.329 e. The summed E-state index contributed by atoms with van der Waals surface area (Å²) in [7, 11) is 0. The molecule has 1 saturated heterocycles. The van der Waals surface area contributed by atoms with Gasteiger partial charge in [-0.05, 0) is 30.5 Å². The summed E-state index contributed by atoms with van der Waals surface area (Å²) in [6, 6.07) is 7.22. The van der Waals surface area contributed by atoms with Crippen LogP contribution in [-0.2, 0) is 6.54 Å². The second-order valence-corrected chi connectivity index (χ2v) is 4.98. The molecule has 1 unspecified atom stereocenters. The summed E-state index contributed by atoms with van der Waals surface area (Å²) < 4.78 is 0. The van der Waals surface area contributed by atoms with E-state index in [1.54, 1.807) is 0 Å². The molecular weight excluding hydrogens is 210 g/mol. The molecule has 0 aromatic heterocycles. The molecule has 0 amide bonds. The Hall–Kier alpha value is -0.900. The van der Waals surface area contributed by atoms with Gasteiger partial charge in [-0.1, -0.05) is 18.2 Å². The van der Waals surface area contributed by atoms with Gasteiger partial charge in [0, 0.05) is 38.8 Å². The zero-order valence-corrected chi connectivity index (χ0v) is 10.9. The predicted molar refractivity (Wildman–Crippen MR) is 72.0 cm³/mol. The van der Waals surface area contributed by atoms with Crippen molar-refractivity contribution in [2.24, 2.45) is 5.73 Å². The van der Waals surface area contributed by atoms with Crippen molar-refractivity contribution in [2.45, 2.75) is 26.4 Å². The minimum Gasteiger partial charge on any atom is -0.329 e. The molecule has 94 valence electrons. The molecule has 0 radical (unpaired) electrons. The molecule has 1 aliphatic rings. The number of hydrogen-bond acceptors (Lipinski definition) is 3. The quantitative estimate of drug-likeness (QED) is 0.819. The predicted octanol–water partition coefficient (Wildman–Crippen LogP) is 1.04. The molecule has 0 bridgehead atoms. The summed E-state index contributed by atoms with van der Waals surface area (Å²) in [5, 5.41) is 3.40. The SMILES string of the molecule is Cc1ccc(CN2CCNCC2CN)cc1C. The van der Waals surface area contributed by atoms with Crippen molar-refractivity contribution in [3.63, 3.8) is 0 Å². The highest BCUT2D eigenvalue weighted by Gasteiger charge is 2.20. The normalized spacial score (nSPS) is 21.7. The average molecular weight is 233 g/mol. The van der Waals surface area contributed by atoms with Crippen LogP contribution in [0.5, 0.6) is 0 Å². The first-order chi connectivity index (χ1) is 8.20. The van der Waals surface area contributed by atoms with Crippen LogP contribution >= 0.6 is 0 Å². The van der Waals surface area contributed by atoms with Gasteiger partial charge in [0.25, 0.3) is 0 Å². The van der Waals surface area contributed by atoms with Crippen LogP contribution < -0.4 is 11.1 Å². The Kier molecular flexibility index (Phi) is 4.15. The number of rotatable bonds is 3. The Morgan fingerprint density at radius 3 is 2.88 bits per heavy atom. The van der Waals surface area contributed by atoms with Crippen LogP contribution in [0.25, 0.3) is 0 Å². The number of hydrogen-bond donors (Lipinski definition) is 2. The third-order valence-electron chi connectivity index (χ3n) is 3.70. The molecule has 17 heavy (non-hydrogen) atoms. The Balaban J connectivity index is 2.05. The van der Waals surface area contributed by atoms with Crippen LogP contribution in [0, 0.1) is 13.8 Å². The molecule has 1 heterocycles. The lowest BCUT2D eigenvalue weighted by Crippen LogP contribution is -2.53. The lowest BCUT2D eigenvalue weighted by atomic mass is 10.0. The van der Waals surface area contributed by atoms with Gasteiger partial charge in [0.15, 0.2) is 0 Å². The minimum atomic E-state index is 0.477. The topological polar surface area (TPSA) is 41.3 Å². The average Bonchev–Trinajstić information content (AvgIpc) is 2.34. The minimum absolute atomic E-state index is 0.477. The number of benzene rings is 1. The molecule has 1 aromatic carbocycles. The van der Waals surface area contributed by atoms with Gasteiger partial charge in [-0.3, -0.25) is 4.90 Å². The van der Waals surface area contributed by atoms with Gasteiger partial charge < -0.3 is 11.1 Å². The lowest BCUT2D eigenvalue weighted by molar-refractivity contribution is 0.158. The van der Waals surface area contributed by atoms with Crippen molar-refractivity contribution in [3.8, 4) is 0 Å². The van der Waals surface area contributed by atoms with E-state index < -0.39 is 0 Å². The van der Waals surface area contributed by atoms with Crippen LogP contribution in [0.2, 0.25) is 0 Å². The van der Waals surface area contributed by atoms with Crippen LogP contribution in [0.3, 0.4) is 0 Å². The fourth-order valence-electron chi connectivity index (χ4n) is 2.38. The van der Waals surface area contributed by atoms with Gasteiger partial charge in [0.2, 0.25) is 0 Å². The van der Waals surface area contributed by atoms with Crippen molar-refractivity contribution in [2.75, 3.05) is 26.2 Å². The Bertz CT molecular complexity index is 376. The maximum absolute atomic E-state index is 5.82. The third kappa shape index (κ3) is 3.06. The van der Waals surface area contributed by atoms with Crippen molar-refractivity contribution in [3.05, 3.63) is 34.9 Å². The lowest BCUT2D eigenvalue weighted by Gasteiger charge is -2.35. The van der Waals surface area contributed by atoms with Crippen molar-refractivity contribution in [1.29, 1.82) is 0 Å². The number of nitrogens with one attached hydrogen (secondary N) is 1. The number of piperazine rings is 1. The third-order valence-corrected chi connectivity index (χ3v) is 3.70. The molecule has 1 fully saturated rings. The van der Waals surface area contributed by atoms with E-state index in [9.17, 15) is 0 Å². The first kappa shape index (κ1) is 12.6. The molecule has 0 saturated carbocycles. The number of nitrogens with two attached hydrogens (primary N) is 1. The first-order valence-electron chi connectivity index (χ1n) is 6.41. The molecule has 1 atom stereocenters. The Morgan fingerprint density at radius 2 is 2.18 bits per heavy atom. The first-order valence-corrected chi connectivity index (χ1v) is 6.41. The number of nitrogens with zero attached hydrogens (tertiary/aromatic N) is 1. The maximum Gasteiger partial charge on any atom is 0.0347 e. The maximum atomic E-state index is 5.82. The summed E-state index contributed by atoms with van der Waals surface area (Å²) in [6.45, 7) is 9.27. The van der Waals surface area contributed by atoms with Crippen LogP contribution in [0.1, 0.15) is 16.7 Å². The molecule has 3 heteroatoms. The summed E-state index contributed by atoms with van der Waals surface area (Å²) in [5.74, 6) is 0. The van der Waals surface area contributed by atoms with E-state index in [2.05, 4.69) is 42.3 Å². The fourth-order valence-corrected chi connectivity index (χ4v) is 2.38. The number of aryl methyl sites for hydroxylation is 2. The molecule has 3 N–H and O–H groups in total. The smallest absolute Gasteiger partial charge is 0.0347 e. The van der Waals surface area contributed by atoms with Gasteiger partial charge in [-0.25, -0.2) is 0 Å². The van der Waals surface area contributed by atoms with Gasteiger partial charge in [0.1, 0.15) is 0 Å². The zero-order valence-electron chi connectivity index (χ0n) is 10.9. The van der Waals surface area contributed by atoms with Crippen molar-refractivity contribution >= 4 is 0 Å². The molecule has 0 aliphatic carbocycles. The van der Waals surface area contributed by atoms with Crippen LogP contribution in [0.15, 0.2) is 18.2 Å². The molecule has 2 rings (SSSR count). The van der Waals surface area contributed by atoms with Crippen LogP contribution in [-0.4, -0.2) is 37.1 Å². The summed E-state index contributed by atoms with van der Waals surface area (Å²) in [5.41, 5.74) is 9.96. The molecule has 1 aliphatic heterocycles. The zero-order chi connectivity index (χ0) is 12.3. The monoisotopic (exact) mass is 233 g/mol. The van der Waals surface area contributed by atoms with Gasteiger partial charge in [-0.2, -0.15) is 0 Å². The molecule has 0 spiro atoms. The fraction of sp³-hybridized carbons (Fsp3) is 0.571. The van der Waals surface area contributed by atoms with E-state index in [-0.39, 0.29) is 0 Å². The van der Waals surface area contributed by atoms with Gasteiger partial charge >= 0.3 is 0 Å². The Labute approximate surface area is 104 Å². The standard InChI is InChI=1S/C14H23N3/c1-11-3-4-13(7-12(11)2)10-17-6-5-16-9-14(17)8-15/h3-4,7,14,16H,5-6,8-10,15H2,1-2H3. The van der Waals surface area contributed by atoms with E-state index in [1.165, 1.54) is 16.7 Å². The van der Waals surface area contributed by atoms with Crippen molar-refractivity contribution < 1.29 is 0 Å². The van der Waals surface area contributed by atoms with Gasteiger partial charge in [-0.15, -0.1) is 0 Å². The van der Waals surface area contributed by atoms with E-state index in [1.807, 2.05) is 0 Å². The summed E-state index contributed by atoms with van der Waals surface area (Å²) >= 11 is 0. The van der Waals surface area contributed by atoms with E-state index in [4.69, 9.17) is 5.73 Å². The van der Waals surface area contributed by atoms with E-state index >= 15 is 0 Å². The van der Waals surface area contributed by atoms with E-state index in [0.29, 0.717) is 6.04 Å².